The van der Waals surface area contributed by atoms with E-state index in [4.69, 9.17) is 5.14 Å². The Morgan fingerprint density at radius 2 is 1.95 bits per heavy atom. The van der Waals surface area contributed by atoms with Crippen LogP contribution in [-0.4, -0.2) is 20.4 Å². The quantitative estimate of drug-likeness (QED) is 0.858. The van der Waals surface area contributed by atoms with E-state index in [1.807, 2.05) is 6.92 Å². The highest BCUT2D eigenvalue weighted by atomic mass is 32.2. The summed E-state index contributed by atoms with van der Waals surface area (Å²) in [7, 11) is -3.79. The number of amides is 1. The Hall–Kier alpha value is -1.40. The summed E-state index contributed by atoms with van der Waals surface area (Å²) in [6.07, 6.45) is 0.862. The lowest BCUT2D eigenvalue weighted by molar-refractivity contribution is 0.0936. The van der Waals surface area contributed by atoms with Crippen molar-refractivity contribution in [2.24, 2.45) is 11.1 Å². The van der Waals surface area contributed by atoms with Crippen LogP contribution in [0.3, 0.4) is 0 Å². The molecule has 0 heterocycles. The highest BCUT2D eigenvalue weighted by Crippen LogP contribution is 2.11. The Kier molecular flexibility index (Phi) is 5.08. The van der Waals surface area contributed by atoms with Gasteiger partial charge in [-0.3, -0.25) is 4.79 Å². The number of nitrogens with one attached hydrogen (secondary N) is 1. The summed E-state index contributed by atoms with van der Waals surface area (Å²) >= 11 is 0. The predicted molar refractivity (Wildman–Crippen MR) is 74.2 cm³/mol. The molecule has 0 spiro atoms. The second-order valence-corrected chi connectivity index (χ2v) is 6.64. The van der Waals surface area contributed by atoms with Gasteiger partial charge >= 0.3 is 0 Å². The van der Waals surface area contributed by atoms with Gasteiger partial charge in [0.15, 0.2) is 0 Å². The number of sulfonamides is 1. The van der Waals surface area contributed by atoms with Crippen LogP contribution in [0.25, 0.3) is 0 Å². The van der Waals surface area contributed by atoms with Crippen molar-refractivity contribution >= 4 is 15.9 Å². The van der Waals surface area contributed by atoms with Gasteiger partial charge < -0.3 is 5.32 Å². The van der Waals surface area contributed by atoms with Crippen molar-refractivity contribution in [3.63, 3.8) is 0 Å². The zero-order chi connectivity index (χ0) is 14.6. The molecule has 0 fully saturated rings. The van der Waals surface area contributed by atoms with E-state index in [2.05, 4.69) is 19.2 Å². The summed E-state index contributed by atoms with van der Waals surface area (Å²) in [6, 6.07) is 5.75. The number of carbonyl (C=O) groups excluding carboxylic acids is 1. The summed E-state index contributed by atoms with van der Waals surface area (Å²) in [5.74, 6) is 0.185. The van der Waals surface area contributed by atoms with Gasteiger partial charge in [0.2, 0.25) is 10.0 Å². The van der Waals surface area contributed by atoms with Crippen molar-refractivity contribution in [2.45, 2.75) is 38.1 Å². The average Bonchev–Trinajstić information content (AvgIpc) is 2.26. The third-order valence-corrected chi connectivity index (χ3v) is 3.54. The van der Waals surface area contributed by atoms with Gasteiger partial charge in [0.1, 0.15) is 0 Å². The molecule has 3 N–H and O–H groups in total. The highest BCUT2D eigenvalue weighted by Gasteiger charge is 2.14. The Labute approximate surface area is 114 Å². The van der Waals surface area contributed by atoms with Crippen molar-refractivity contribution in [2.75, 3.05) is 0 Å². The molecule has 1 atom stereocenters. The molecule has 0 radical (unpaired) electrons. The molecule has 5 nitrogen and oxygen atoms in total. The van der Waals surface area contributed by atoms with Gasteiger partial charge in [0, 0.05) is 11.6 Å². The van der Waals surface area contributed by atoms with E-state index in [1.165, 1.54) is 18.2 Å². The van der Waals surface area contributed by atoms with Crippen LogP contribution in [0.1, 0.15) is 37.6 Å². The monoisotopic (exact) mass is 284 g/mol. The van der Waals surface area contributed by atoms with E-state index in [0.29, 0.717) is 11.5 Å². The second kappa shape index (κ2) is 6.16. The molecule has 1 unspecified atom stereocenters. The summed E-state index contributed by atoms with van der Waals surface area (Å²) in [5.41, 5.74) is 0.294. The third kappa shape index (κ3) is 5.00. The minimum absolute atomic E-state index is 0.0330. The van der Waals surface area contributed by atoms with Crippen LogP contribution in [0, 0.1) is 5.92 Å². The summed E-state index contributed by atoms with van der Waals surface area (Å²) < 4.78 is 22.4. The largest absolute Gasteiger partial charge is 0.350 e. The molecule has 0 aromatic heterocycles. The first-order chi connectivity index (χ1) is 8.70. The van der Waals surface area contributed by atoms with E-state index in [-0.39, 0.29) is 16.8 Å². The van der Waals surface area contributed by atoms with E-state index >= 15 is 0 Å². The number of hydrogen-bond donors (Lipinski definition) is 2. The van der Waals surface area contributed by atoms with Gasteiger partial charge in [-0.15, -0.1) is 0 Å². The van der Waals surface area contributed by atoms with E-state index in [0.717, 1.165) is 6.42 Å². The van der Waals surface area contributed by atoms with Crippen LogP contribution in [0.5, 0.6) is 0 Å². The van der Waals surface area contributed by atoms with Gasteiger partial charge in [-0.2, -0.15) is 0 Å². The molecular formula is C13H20N2O3S. The zero-order valence-electron chi connectivity index (χ0n) is 11.4. The molecule has 0 aliphatic carbocycles. The first kappa shape index (κ1) is 15.7. The van der Waals surface area contributed by atoms with Crippen molar-refractivity contribution in [3.05, 3.63) is 29.8 Å². The topological polar surface area (TPSA) is 89.3 Å². The fraction of sp³-hybridized carbons (Fsp3) is 0.462. The normalized spacial score (nSPS) is 13.3. The van der Waals surface area contributed by atoms with Gasteiger partial charge in [-0.25, -0.2) is 13.6 Å². The van der Waals surface area contributed by atoms with Crippen LogP contribution >= 0.6 is 0 Å². The fourth-order valence-corrected chi connectivity index (χ4v) is 2.45. The van der Waals surface area contributed by atoms with Crippen LogP contribution in [0.4, 0.5) is 0 Å². The minimum Gasteiger partial charge on any atom is -0.350 e. The van der Waals surface area contributed by atoms with Crippen molar-refractivity contribution in [1.29, 1.82) is 0 Å². The fourth-order valence-electron chi connectivity index (χ4n) is 1.89. The molecule has 0 saturated carbocycles. The lowest BCUT2D eigenvalue weighted by atomic mass is 10.0. The Morgan fingerprint density at radius 3 is 2.47 bits per heavy atom. The number of primary sulfonamides is 1. The van der Waals surface area contributed by atoms with E-state index in [1.54, 1.807) is 6.07 Å². The summed E-state index contributed by atoms with van der Waals surface area (Å²) in [5, 5.41) is 7.87. The molecular weight excluding hydrogens is 264 g/mol. The molecule has 19 heavy (non-hydrogen) atoms. The van der Waals surface area contributed by atoms with Crippen LogP contribution in [0.2, 0.25) is 0 Å². The zero-order valence-corrected chi connectivity index (χ0v) is 12.2. The molecule has 1 rings (SSSR count). The second-order valence-electron chi connectivity index (χ2n) is 5.08. The smallest absolute Gasteiger partial charge is 0.251 e. The van der Waals surface area contributed by atoms with Crippen molar-refractivity contribution < 1.29 is 13.2 Å². The molecule has 6 heteroatoms. The maximum absolute atomic E-state index is 12.0. The van der Waals surface area contributed by atoms with Gasteiger partial charge in [-0.05, 0) is 37.5 Å². The first-order valence-electron chi connectivity index (χ1n) is 6.14. The van der Waals surface area contributed by atoms with E-state index < -0.39 is 10.0 Å². The number of nitrogens with two attached hydrogens (primary N) is 1. The molecule has 0 saturated heterocycles. The summed E-state index contributed by atoms with van der Waals surface area (Å²) in [6.45, 7) is 6.07. The minimum atomic E-state index is -3.79. The average molecular weight is 284 g/mol. The maximum atomic E-state index is 12.0. The standard InChI is InChI=1S/C13H20N2O3S/c1-9(2)7-10(3)15-13(16)11-5-4-6-12(8-11)19(14,17)18/h4-6,8-10H,7H2,1-3H3,(H,15,16)(H2,14,17,18). The summed E-state index contributed by atoms with van der Waals surface area (Å²) in [4.78, 5) is 11.9. The molecule has 0 aliphatic rings. The molecule has 1 aromatic rings. The number of hydrogen-bond acceptors (Lipinski definition) is 3. The number of carbonyl (C=O) groups is 1. The molecule has 0 aliphatic heterocycles. The lowest BCUT2D eigenvalue weighted by Crippen LogP contribution is -2.33. The van der Waals surface area contributed by atoms with Crippen LogP contribution < -0.4 is 10.5 Å². The first-order valence-corrected chi connectivity index (χ1v) is 7.68. The van der Waals surface area contributed by atoms with Gasteiger partial charge in [0.05, 0.1) is 4.90 Å². The Balaban J connectivity index is 2.84. The third-order valence-electron chi connectivity index (χ3n) is 2.63. The molecule has 0 bridgehead atoms. The van der Waals surface area contributed by atoms with Gasteiger partial charge in [-0.1, -0.05) is 19.9 Å². The van der Waals surface area contributed by atoms with Crippen LogP contribution in [0.15, 0.2) is 29.2 Å². The van der Waals surface area contributed by atoms with Crippen molar-refractivity contribution in [3.8, 4) is 0 Å². The molecule has 1 aromatic carbocycles. The van der Waals surface area contributed by atoms with Gasteiger partial charge in [0.25, 0.3) is 5.91 Å². The SMILES string of the molecule is CC(C)CC(C)NC(=O)c1cccc(S(N)(=O)=O)c1. The maximum Gasteiger partial charge on any atom is 0.251 e. The van der Waals surface area contributed by atoms with E-state index in [9.17, 15) is 13.2 Å². The predicted octanol–water partition coefficient (Wildman–Crippen LogP) is 1.50. The number of rotatable bonds is 5. The van der Waals surface area contributed by atoms with Crippen LogP contribution in [-0.2, 0) is 10.0 Å². The molecule has 1 amide bonds. The van der Waals surface area contributed by atoms with Crippen molar-refractivity contribution in [1.82, 2.24) is 5.32 Å². The molecule has 106 valence electrons. The Bertz CT molecular complexity index is 553. The lowest BCUT2D eigenvalue weighted by Gasteiger charge is -2.16. The Morgan fingerprint density at radius 1 is 1.32 bits per heavy atom. The highest BCUT2D eigenvalue weighted by molar-refractivity contribution is 7.89. The number of benzene rings is 1.